The number of rotatable bonds is 6. The summed E-state index contributed by atoms with van der Waals surface area (Å²) in [5, 5.41) is 3.28. The highest BCUT2D eigenvalue weighted by molar-refractivity contribution is 7.92. The van der Waals surface area contributed by atoms with Crippen LogP contribution in [0.3, 0.4) is 0 Å². The number of hydrogen-bond acceptors (Lipinski definition) is 5. The summed E-state index contributed by atoms with van der Waals surface area (Å²) < 4.78 is 29.5. The minimum atomic E-state index is -3.07. The zero-order valence-electron chi connectivity index (χ0n) is 16.4. The molecular formula is C19H30N4O3S. The molecule has 0 aromatic carbocycles. The molecule has 0 unspecified atom stereocenters. The Kier molecular flexibility index (Phi) is 5.93. The monoisotopic (exact) mass is 394 g/mol. The number of nitrogens with one attached hydrogen (secondary N) is 1. The number of pyridine rings is 1. The summed E-state index contributed by atoms with van der Waals surface area (Å²) in [5.74, 6) is 2.23. The van der Waals surface area contributed by atoms with Crippen molar-refractivity contribution in [1.82, 2.24) is 15.2 Å². The molecule has 1 saturated carbocycles. The Morgan fingerprint density at radius 2 is 2.22 bits per heavy atom. The fourth-order valence-corrected chi connectivity index (χ4v) is 4.40. The third-order valence-electron chi connectivity index (χ3n) is 5.05. The van der Waals surface area contributed by atoms with E-state index in [0.717, 1.165) is 24.7 Å². The highest BCUT2D eigenvalue weighted by Gasteiger charge is 2.40. The summed E-state index contributed by atoms with van der Waals surface area (Å²) in [6.07, 6.45) is 4.24. The lowest BCUT2D eigenvalue weighted by Crippen LogP contribution is -2.57. The third kappa shape index (κ3) is 5.12. The highest BCUT2D eigenvalue weighted by Crippen LogP contribution is 2.29. The van der Waals surface area contributed by atoms with Gasteiger partial charge in [0.1, 0.15) is 0 Å². The molecule has 0 atom stereocenters. The van der Waals surface area contributed by atoms with Gasteiger partial charge in [0, 0.05) is 31.9 Å². The molecule has 8 heteroatoms. The second-order valence-corrected chi connectivity index (χ2v) is 10.7. The van der Waals surface area contributed by atoms with Crippen molar-refractivity contribution in [3.8, 4) is 5.88 Å². The molecule has 7 nitrogen and oxygen atoms in total. The summed E-state index contributed by atoms with van der Waals surface area (Å²) in [6, 6.07) is 3.86. The smallest absolute Gasteiger partial charge is 0.213 e. The van der Waals surface area contributed by atoms with Crippen LogP contribution in [0.1, 0.15) is 39.2 Å². The number of aliphatic imine (C=N–C) groups is 1. The van der Waals surface area contributed by atoms with Crippen molar-refractivity contribution in [1.29, 1.82) is 0 Å². The van der Waals surface area contributed by atoms with E-state index in [4.69, 9.17) is 9.73 Å². The van der Waals surface area contributed by atoms with Gasteiger partial charge in [-0.3, -0.25) is 0 Å². The number of nitrogens with zero attached hydrogens (tertiary/aromatic N) is 3. The van der Waals surface area contributed by atoms with Crippen LogP contribution in [0.2, 0.25) is 0 Å². The van der Waals surface area contributed by atoms with Gasteiger partial charge in [-0.2, -0.15) is 0 Å². The summed E-state index contributed by atoms with van der Waals surface area (Å²) in [6.45, 7) is 8.44. The second kappa shape index (κ2) is 8.04. The molecule has 1 N–H and O–H groups in total. The maximum Gasteiger partial charge on any atom is 0.213 e. The lowest BCUT2D eigenvalue weighted by molar-refractivity contribution is 0.288. The molecule has 150 valence electrons. The van der Waals surface area contributed by atoms with Crippen molar-refractivity contribution in [2.45, 2.75) is 44.9 Å². The van der Waals surface area contributed by atoms with Crippen LogP contribution in [0.5, 0.6) is 5.88 Å². The predicted molar refractivity (Wildman–Crippen MR) is 107 cm³/mol. The molecule has 0 amide bonds. The number of aromatic nitrogens is 1. The fraction of sp³-hybridized carbons (Fsp3) is 0.684. The van der Waals surface area contributed by atoms with Crippen LogP contribution in [-0.2, 0) is 16.4 Å². The molecule has 27 heavy (non-hydrogen) atoms. The highest BCUT2D eigenvalue weighted by atomic mass is 32.2. The van der Waals surface area contributed by atoms with Crippen LogP contribution in [0.25, 0.3) is 0 Å². The third-order valence-corrected chi connectivity index (χ3v) is 7.59. The molecule has 2 aliphatic rings. The second-order valence-electron chi connectivity index (χ2n) is 7.93. The standard InChI is InChI=1S/C19H30N4O3S/c1-4-20-18(23-9-10-27(24,25)19(2,3)14-23)22-12-16-7-8-21-17(11-16)26-13-15-5-6-15/h7-8,11,15H,4-6,9-10,12-14H2,1-3H3,(H,20,22). The molecule has 0 radical (unpaired) electrons. The number of ether oxygens (including phenoxy) is 1. The van der Waals surface area contributed by atoms with Crippen molar-refractivity contribution in [2.75, 3.05) is 32.0 Å². The van der Waals surface area contributed by atoms with Crippen molar-refractivity contribution >= 4 is 15.8 Å². The van der Waals surface area contributed by atoms with Crippen molar-refractivity contribution in [2.24, 2.45) is 10.9 Å². The van der Waals surface area contributed by atoms with E-state index in [9.17, 15) is 8.42 Å². The number of sulfone groups is 1. The van der Waals surface area contributed by atoms with Gasteiger partial charge >= 0.3 is 0 Å². The first-order valence-corrected chi connectivity index (χ1v) is 11.3. The average Bonchev–Trinajstić information content (AvgIpc) is 3.44. The van der Waals surface area contributed by atoms with Gasteiger partial charge in [-0.15, -0.1) is 0 Å². The predicted octanol–water partition coefficient (Wildman–Crippen LogP) is 1.84. The summed E-state index contributed by atoms with van der Waals surface area (Å²) in [7, 11) is -3.07. The van der Waals surface area contributed by atoms with Crippen molar-refractivity contribution in [3.63, 3.8) is 0 Å². The molecule has 0 spiro atoms. The van der Waals surface area contributed by atoms with Crippen LogP contribution in [0, 0.1) is 5.92 Å². The van der Waals surface area contributed by atoms with Crippen molar-refractivity contribution in [3.05, 3.63) is 23.9 Å². The average molecular weight is 395 g/mol. The van der Waals surface area contributed by atoms with E-state index in [0.29, 0.717) is 31.4 Å². The molecule has 0 bridgehead atoms. The lowest BCUT2D eigenvalue weighted by atomic mass is 10.2. The zero-order chi connectivity index (χ0) is 19.5. The number of guanidine groups is 1. The fourth-order valence-electron chi connectivity index (χ4n) is 3.03. The van der Waals surface area contributed by atoms with Crippen LogP contribution >= 0.6 is 0 Å². The Labute approximate surface area is 162 Å². The van der Waals surface area contributed by atoms with E-state index in [-0.39, 0.29) is 5.75 Å². The normalized spacial score (nSPS) is 21.7. The quantitative estimate of drug-likeness (QED) is 0.586. The van der Waals surface area contributed by atoms with Crippen molar-refractivity contribution < 1.29 is 13.2 Å². The Morgan fingerprint density at radius 1 is 1.44 bits per heavy atom. The molecule has 1 aliphatic carbocycles. The van der Waals surface area contributed by atoms with Gasteiger partial charge in [0.15, 0.2) is 15.8 Å². The summed E-state index contributed by atoms with van der Waals surface area (Å²) >= 11 is 0. The van der Waals surface area contributed by atoms with Gasteiger partial charge in [0.2, 0.25) is 5.88 Å². The molecule has 2 heterocycles. The molecule has 1 aromatic heterocycles. The Bertz CT molecular complexity index is 788. The van der Waals surface area contributed by atoms with E-state index >= 15 is 0 Å². The Morgan fingerprint density at radius 3 is 2.89 bits per heavy atom. The number of hydrogen-bond donors (Lipinski definition) is 1. The van der Waals surface area contributed by atoms with Crippen LogP contribution in [0.4, 0.5) is 0 Å². The van der Waals surface area contributed by atoms with E-state index in [1.807, 2.05) is 24.0 Å². The molecule has 1 aromatic rings. The summed E-state index contributed by atoms with van der Waals surface area (Å²) in [4.78, 5) is 11.0. The van der Waals surface area contributed by atoms with E-state index in [2.05, 4.69) is 10.3 Å². The maximum absolute atomic E-state index is 12.3. The minimum absolute atomic E-state index is 0.152. The molecule has 3 rings (SSSR count). The molecule has 2 fully saturated rings. The van der Waals surface area contributed by atoms with Crippen LogP contribution < -0.4 is 10.1 Å². The largest absolute Gasteiger partial charge is 0.477 e. The molecular weight excluding hydrogens is 364 g/mol. The Hall–Kier alpha value is -1.83. The van der Waals surface area contributed by atoms with Gasteiger partial charge in [-0.05, 0) is 51.2 Å². The van der Waals surface area contributed by atoms with Gasteiger partial charge in [-0.1, -0.05) is 0 Å². The first-order chi connectivity index (χ1) is 12.8. The van der Waals surface area contributed by atoms with Crippen LogP contribution in [-0.4, -0.2) is 61.0 Å². The van der Waals surface area contributed by atoms with Crippen LogP contribution in [0.15, 0.2) is 23.3 Å². The SMILES string of the molecule is CCNC(=NCc1ccnc(OCC2CC2)c1)N1CCS(=O)(=O)C(C)(C)C1. The maximum atomic E-state index is 12.3. The minimum Gasteiger partial charge on any atom is -0.477 e. The zero-order valence-corrected chi connectivity index (χ0v) is 17.3. The first-order valence-electron chi connectivity index (χ1n) is 9.64. The van der Waals surface area contributed by atoms with Gasteiger partial charge in [0.05, 0.1) is 23.7 Å². The lowest BCUT2D eigenvalue weighted by Gasteiger charge is -2.39. The molecule has 1 saturated heterocycles. The van der Waals surface area contributed by atoms with Gasteiger partial charge < -0.3 is 15.0 Å². The topological polar surface area (TPSA) is 83.9 Å². The van der Waals surface area contributed by atoms with E-state index in [1.54, 1.807) is 20.0 Å². The van der Waals surface area contributed by atoms with Gasteiger partial charge in [0.25, 0.3) is 0 Å². The van der Waals surface area contributed by atoms with E-state index < -0.39 is 14.6 Å². The molecule has 1 aliphatic heterocycles. The summed E-state index contributed by atoms with van der Waals surface area (Å²) in [5.41, 5.74) is 1.02. The van der Waals surface area contributed by atoms with Gasteiger partial charge in [-0.25, -0.2) is 18.4 Å². The first kappa shape index (κ1) is 19.9. The van der Waals surface area contributed by atoms with E-state index in [1.165, 1.54) is 12.8 Å². The Balaban J connectivity index is 1.67.